The molecule has 2 heterocycles. The highest BCUT2D eigenvalue weighted by Gasteiger charge is 2.33. The minimum Gasteiger partial charge on any atom is -0.462 e. The average molecular weight is 448 g/mol. The molecule has 0 radical (unpaired) electrons. The number of hydrogen-bond acceptors (Lipinski definition) is 8. The molecule has 0 unspecified atom stereocenters. The highest BCUT2D eigenvalue weighted by molar-refractivity contribution is 6.08. The molecule has 0 aliphatic rings. The normalized spacial score (nSPS) is 10.6. The molecule has 0 spiro atoms. The van der Waals surface area contributed by atoms with Crippen LogP contribution in [0.5, 0.6) is 0 Å². The lowest BCUT2D eigenvalue weighted by Gasteiger charge is -2.07. The number of aromatic nitrogens is 2. The number of esters is 4. The molecule has 0 amide bonds. The molecule has 2 aromatic rings. The van der Waals surface area contributed by atoms with Gasteiger partial charge in [-0.15, -0.1) is 0 Å². The maximum atomic E-state index is 12.8. The van der Waals surface area contributed by atoms with E-state index in [1.54, 1.807) is 41.5 Å². The summed E-state index contributed by atoms with van der Waals surface area (Å²) >= 11 is 0. The van der Waals surface area contributed by atoms with Crippen LogP contribution in [-0.4, -0.2) is 60.3 Å². The molecule has 0 atom stereocenters. The number of hydrogen-bond donors (Lipinski definition) is 2. The van der Waals surface area contributed by atoms with E-state index in [0.717, 1.165) is 0 Å². The Labute approximate surface area is 185 Å². The molecule has 10 heteroatoms. The van der Waals surface area contributed by atoms with Gasteiger partial charge in [0, 0.05) is 0 Å². The second-order valence-electron chi connectivity index (χ2n) is 6.63. The summed E-state index contributed by atoms with van der Waals surface area (Å²) in [6.07, 6.45) is 0. The van der Waals surface area contributed by atoms with Crippen molar-refractivity contribution >= 4 is 23.9 Å². The van der Waals surface area contributed by atoms with Crippen LogP contribution in [0.4, 0.5) is 0 Å². The molecule has 2 aromatic heterocycles. The first-order chi connectivity index (χ1) is 15.2. The fraction of sp³-hybridized carbons (Fsp3) is 0.455. The minimum absolute atomic E-state index is 0.0321. The Kier molecular flexibility index (Phi) is 8.22. The van der Waals surface area contributed by atoms with E-state index in [4.69, 9.17) is 18.9 Å². The Bertz CT molecular complexity index is 949. The van der Waals surface area contributed by atoms with Crippen molar-refractivity contribution in [2.75, 3.05) is 26.4 Å². The van der Waals surface area contributed by atoms with Crippen LogP contribution in [0, 0.1) is 13.8 Å². The second kappa shape index (κ2) is 10.7. The Morgan fingerprint density at radius 2 is 0.844 bits per heavy atom. The topological polar surface area (TPSA) is 137 Å². The maximum absolute atomic E-state index is 12.8. The van der Waals surface area contributed by atoms with Crippen LogP contribution in [0.2, 0.25) is 0 Å². The van der Waals surface area contributed by atoms with E-state index >= 15 is 0 Å². The fourth-order valence-electron chi connectivity index (χ4n) is 3.29. The van der Waals surface area contributed by atoms with Crippen LogP contribution in [-0.2, 0) is 18.9 Å². The van der Waals surface area contributed by atoms with E-state index in [1.165, 1.54) is 0 Å². The van der Waals surface area contributed by atoms with E-state index in [1.807, 2.05) is 0 Å². The number of carbonyl (C=O) groups excluding carboxylic acids is 4. The number of rotatable bonds is 9. The third-order valence-corrected chi connectivity index (χ3v) is 4.67. The third-order valence-electron chi connectivity index (χ3n) is 4.67. The molecule has 0 aliphatic carbocycles. The largest absolute Gasteiger partial charge is 0.462 e. The van der Waals surface area contributed by atoms with Gasteiger partial charge in [-0.25, -0.2) is 19.2 Å². The average Bonchev–Trinajstić information content (AvgIpc) is 3.26. The fourth-order valence-corrected chi connectivity index (χ4v) is 3.29. The van der Waals surface area contributed by atoms with Crippen molar-refractivity contribution in [3.05, 3.63) is 33.6 Å². The molecule has 32 heavy (non-hydrogen) atoms. The van der Waals surface area contributed by atoms with Crippen molar-refractivity contribution in [2.24, 2.45) is 0 Å². The minimum atomic E-state index is -0.702. The summed E-state index contributed by atoms with van der Waals surface area (Å²) in [5.41, 5.74) is 0.924. The van der Waals surface area contributed by atoms with Gasteiger partial charge in [0.2, 0.25) is 0 Å². The monoisotopic (exact) mass is 448 g/mol. The molecule has 0 fully saturated rings. The summed E-state index contributed by atoms with van der Waals surface area (Å²) in [6.45, 7) is 10.2. The smallest absolute Gasteiger partial charge is 0.355 e. The first kappa shape index (κ1) is 24.7. The number of H-pyrrole nitrogens is 2. The predicted molar refractivity (Wildman–Crippen MR) is 114 cm³/mol. The molecule has 174 valence electrons. The van der Waals surface area contributed by atoms with E-state index in [0.29, 0.717) is 0 Å². The second-order valence-corrected chi connectivity index (χ2v) is 6.63. The highest BCUT2D eigenvalue weighted by atomic mass is 16.5. The molecular formula is C22H28N2O8. The SMILES string of the molecule is CCOC(=O)c1[nH]c(-c2[nH]c(C(=O)OCC)c(C)c2C(=O)OCC)c(C(=O)OCC)c1C. The first-order valence-electron chi connectivity index (χ1n) is 10.4. The van der Waals surface area contributed by atoms with Crippen molar-refractivity contribution in [3.8, 4) is 11.4 Å². The van der Waals surface area contributed by atoms with Gasteiger partial charge >= 0.3 is 23.9 Å². The van der Waals surface area contributed by atoms with Crippen LogP contribution >= 0.6 is 0 Å². The molecule has 0 saturated carbocycles. The van der Waals surface area contributed by atoms with E-state index in [2.05, 4.69) is 9.97 Å². The summed E-state index contributed by atoms with van der Waals surface area (Å²) in [5, 5.41) is 0. The summed E-state index contributed by atoms with van der Waals surface area (Å²) in [4.78, 5) is 56.2. The van der Waals surface area contributed by atoms with Crippen molar-refractivity contribution in [1.29, 1.82) is 0 Å². The molecule has 10 nitrogen and oxygen atoms in total. The van der Waals surface area contributed by atoms with Crippen molar-refractivity contribution < 1.29 is 38.1 Å². The van der Waals surface area contributed by atoms with Gasteiger partial charge in [-0.05, 0) is 52.7 Å². The molecule has 0 aliphatic heterocycles. The highest BCUT2D eigenvalue weighted by Crippen LogP contribution is 2.34. The summed E-state index contributed by atoms with van der Waals surface area (Å²) < 4.78 is 20.5. The van der Waals surface area contributed by atoms with Gasteiger partial charge in [-0.2, -0.15) is 0 Å². The van der Waals surface area contributed by atoms with Gasteiger partial charge < -0.3 is 28.9 Å². The summed E-state index contributed by atoms with van der Waals surface area (Å²) in [6, 6.07) is 0. The predicted octanol–water partition coefficient (Wildman–Crippen LogP) is 3.33. The van der Waals surface area contributed by atoms with Crippen molar-refractivity contribution in [3.63, 3.8) is 0 Å². The number of carbonyl (C=O) groups is 4. The van der Waals surface area contributed by atoms with Gasteiger partial charge in [0.25, 0.3) is 0 Å². The van der Waals surface area contributed by atoms with Crippen LogP contribution in [0.3, 0.4) is 0 Å². The van der Waals surface area contributed by atoms with Crippen LogP contribution in [0.15, 0.2) is 0 Å². The van der Waals surface area contributed by atoms with E-state index in [-0.39, 0.29) is 71.5 Å². The van der Waals surface area contributed by atoms with Gasteiger partial charge in [0.05, 0.1) is 48.9 Å². The molecule has 0 bridgehead atoms. The van der Waals surface area contributed by atoms with Gasteiger partial charge in [0.15, 0.2) is 0 Å². The van der Waals surface area contributed by atoms with Gasteiger partial charge in [-0.1, -0.05) is 0 Å². The zero-order valence-corrected chi connectivity index (χ0v) is 19.1. The Morgan fingerprint density at radius 1 is 0.562 bits per heavy atom. The molecule has 0 aromatic carbocycles. The van der Waals surface area contributed by atoms with Crippen LogP contribution in [0.1, 0.15) is 80.5 Å². The standard InChI is InChI=1S/C22H28N2O8/c1-7-29-19(25)13-11(5)15(21(27)31-9-3)23-17(13)18-14(20(26)30-8-2)12(6)16(24-18)22(28)32-10-4/h23-24H,7-10H2,1-6H3. The molecule has 2 N–H and O–H groups in total. The van der Waals surface area contributed by atoms with Gasteiger partial charge in [0.1, 0.15) is 11.4 Å². The number of aromatic amines is 2. The van der Waals surface area contributed by atoms with E-state index < -0.39 is 23.9 Å². The first-order valence-corrected chi connectivity index (χ1v) is 10.4. The molecule has 2 rings (SSSR count). The lowest BCUT2D eigenvalue weighted by atomic mass is 10.0. The van der Waals surface area contributed by atoms with Crippen LogP contribution < -0.4 is 0 Å². The Balaban J connectivity index is 2.84. The summed E-state index contributed by atoms with van der Waals surface area (Å²) in [5.74, 6) is -2.75. The van der Waals surface area contributed by atoms with E-state index in [9.17, 15) is 19.2 Å². The quantitative estimate of drug-likeness (QED) is 0.440. The third kappa shape index (κ3) is 4.68. The lowest BCUT2D eigenvalue weighted by molar-refractivity contribution is 0.0505. The van der Waals surface area contributed by atoms with Crippen molar-refractivity contribution in [2.45, 2.75) is 41.5 Å². The Hall–Kier alpha value is -3.56. The zero-order valence-electron chi connectivity index (χ0n) is 19.1. The molecular weight excluding hydrogens is 420 g/mol. The van der Waals surface area contributed by atoms with Crippen molar-refractivity contribution in [1.82, 2.24) is 9.97 Å². The summed E-state index contributed by atoms with van der Waals surface area (Å²) in [7, 11) is 0. The maximum Gasteiger partial charge on any atom is 0.355 e. The molecule has 0 saturated heterocycles. The Morgan fingerprint density at radius 3 is 1.12 bits per heavy atom. The zero-order chi connectivity index (χ0) is 24.0. The van der Waals surface area contributed by atoms with Gasteiger partial charge in [-0.3, -0.25) is 0 Å². The number of ether oxygens (including phenoxy) is 4. The van der Waals surface area contributed by atoms with Crippen LogP contribution in [0.25, 0.3) is 11.4 Å². The number of nitrogens with one attached hydrogen (secondary N) is 2. The lowest BCUT2D eigenvalue weighted by Crippen LogP contribution is -2.10.